The van der Waals surface area contributed by atoms with Gasteiger partial charge in [0, 0.05) is 12.6 Å². The highest BCUT2D eigenvalue weighted by Crippen LogP contribution is 2.27. The van der Waals surface area contributed by atoms with Crippen LogP contribution in [0.3, 0.4) is 0 Å². The van der Waals surface area contributed by atoms with Gasteiger partial charge < -0.3 is 0 Å². The van der Waals surface area contributed by atoms with Gasteiger partial charge in [-0.3, -0.25) is 14.2 Å². The van der Waals surface area contributed by atoms with Crippen molar-refractivity contribution < 1.29 is 4.79 Å². The lowest BCUT2D eigenvalue weighted by Crippen LogP contribution is -2.22. The topological polar surface area (TPSA) is 52.0 Å². The van der Waals surface area contributed by atoms with Crippen LogP contribution in [-0.4, -0.2) is 20.6 Å². The Morgan fingerprint density at radius 2 is 1.92 bits per heavy atom. The number of Topliss-reactive ketones (excluding diaryl/α,β-unsaturated/α-hetero) is 1. The second kappa shape index (κ2) is 6.72. The molecule has 5 heteroatoms. The number of hydrogen-bond donors (Lipinski definition) is 0. The summed E-state index contributed by atoms with van der Waals surface area (Å²) in [5, 5.41) is 0.848. The minimum absolute atomic E-state index is 0.0760. The number of thioether (sulfide) groups is 1. The first-order valence-electron chi connectivity index (χ1n) is 8.83. The Bertz CT molecular complexity index is 1070. The van der Waals surface area contributed by atoms with Gasteiger partial charge in [0.2, 0.25) is 0 Å². The molecule has 0 amide bonds. The lowest BCUT2D eigenvalue weighted by molar-refractivity contribution is 0.0993. The molecule has 0 fully saturated rings. The van der Waals surface area contributed by atoms with Gasteiger partial charge in [0.25, 0.3) is 5.56 Å². The van der Waals surface area contributed by atoms with Crippen molar-refractivity contribution in [2.75, 3.05) is 0 Å². The molecule has 2 aromatic carbocycles. The fourth-order valence-electron chi connectivity index (χ4n) is 3.47. The van der Waals surface area contributed by atoms with E-state index < -0.39 is 0 Å². The normalized spacial score (nSPS) is 14.4. The number of rotatable bonds is 4. The van der Waals surface area contributed by atoms with Crippen molar-refractivity contribution in [2.24, 2.45) is 7.05 Å². The first-order valence-corrected chi connectivity index (χ1v) is 9.71. The number of aromatic nitrogens is 2. The zero-order chi connectivity index (χ0) is 18.3. The van der Waals surface area contributed by atoms with Gasteiger partial charge in [0.15, 0.2) is 10.9 Å². The quantitative estimate of drug-likeness (QED) is 0.402. The number of nitrogens with zero attached hydrogens (tertiary/aromatic N) is 2. The number of hydrogen-bond acceptors (Lipinski definition) is 4. The predicted octanol–water partition coefficient (Wildman–Crippen LogP) is 3.79. The third kappa shape index (κ3) is 2.97. The van der Waals surface area contributed by atoms with Gasteiger partial charge in [-0.25, -0.2) is 4.98 Å². The summed E-state index contributed by atoms with van der Waals surface area (Å²) in [6, 6.07) is 13.3. The zero-order valence-corrected chi connectivity index (χ0v) is 15.7. The number of aryl methyl sites for hydroxylation is 2. The van der Waals surface area contributed by atoms with Gasteiger partial charge in [0.1, 0.15) is 0 Å². The summed E-state index contributed by atoms with van der Waals surface area (Å²) >= 11 is 1.34. The maximum Gasteiger partial charge on any atom is 0.261 e. The maximum atomic E-state index is 12.9. The average molecular weight is 364 g/mol. The van der Waals surface area contributed by atoms with E-state index in [2.05, 4.69) is 11.1 Å². The van der Waals surface area contributed by atoms with Crippen molar-refractivity contribution in [3.8, 4) is 0 Å². The minimum atomic E-state index is -0.311. The number of benzene rings is 2. The van der Waals surface area contributed by atoms with Crippen molar-refractivity contribution in [3.63, 3.8) is 0 Å². The van der Waals surface area contributed by atoms with Crippen LogP contribution >= 0.6 is 11.8 Å². The highest BCUT2D eigenvalue weighted by atomic mass is 32.2. The van der Waals surface area contributed by atoms with E-state index in [4.69, 9.17) is 0 Å². The van der Waals surface area contributed by atoms with E-state index >= 15 is 0 Å². The van der Waals surface area contributed by atoms with E-state index in [9.17, 15) is 9.59 Å². The minimum Gasteiger partial charge on any atom is -0.293 e. The Labute approximate surface area is 156 Å². The molecule has 1 aliphatic carbocycles. The van der Waals surface area contributed by atoms with E-state index in [0.29, 0.717) is 16.1 Å². The second-order valence-electron chi connectivity index (χ2n) is 6.74. The van der Waals surface area contributed by atoms with Crippen molar-refractivity contribution >= 4 is 28.4 Å². The Balaban J connectivity index is 1.63. The van der Waals surface area contributed by atoms with Crippen LogP contribution in [0.2, 0.25) is 0 Å². The SMILES string of the molecule is CC(Sc1nc2ccccc2c(=O)n1C)C(=O)c1ccc2c(c1)CCC2. The Kier molecular flexibility index (Phi) is 4.41. The molecule has 0 spiro atoms. The van der Waals surface area contributed by atoms with Crippen LogP contribution in [0.1, 0.15) is 34.8 Å². The maximum absolute atomic E-state index is 12.9. The molecule has 1 heterocycles. The van der Waals surface area contributed by atoms with E-state index in [0.717, 1.165) is 18.4 Å². The molecule has 0 saturated heterocycles. The molecule has 0 bridgehead atoms. The molecule has 1 aliphatic rings. The molecule has 0 N–H and O–H groups in total. The van der Waals surface area contributed by atoms with Gasteiger partial charge in [0.05, 0.1) is 16.2 Å². The summed E-state index contributed by atoms with van der Waals surface area (Å²) in [6.07, 6.45) is 3.33. The van der Waals surface area contributed by atoms with Crippen LogP contribution in [-0.2, 0) is 19.9 Å². The molecule has 4 rings (SSSR count). The first kappa shape index (κ1) is 17.0. The molecular weight excluding hydrogens is 344 g/mol. The van der Waals surface area contributed by atoms with E-state index in [1.807, 2.05) is 37.3 Å². The molecule has 4 nitrogen and oxygen atoms in total. The number of ketones is 1. The van der Waals surface area contributed by atoms with Crippen molar-refractivity contribution in [1.29, 1.82) is 0 Å². The molecule has 1 atom stereocenters. The molecule has 0 radical (unpaired) electrons. The molecule has 132 valence electrons. The summed E-state index contributed by atoms with van der Waals surface area (Å²) < 4.78 is 1.53. The van der Waals surface area contributed by atoms with E-state index in [-0.39, 0.29) is 16.6 Å². The van der Waals surface area contributed by atoms with Crippen LogP contribution in [0.25, 0.3) is 10.9 Å². The van der Waals surface area contributed by atoms with Gasteiger partial charge in [-0.15, -0.1) is 0 Å². The third-order valence-electron chi connectivity index (χ3n) is 4.98. The van der Waals surface area contributed by atoms with E-state index in [1.54, 1.807) is 13.1 Å². The van der Waals surface area contributed by atoms with Gasteiger partial charge >= 0.3 is 0 Å². The van der Waals surface area contributed by atoms with Crippen LogP contribution in [0.15, 0.2) is 52.4 Å². The van der Waals surface area contributed by atoms with Crippen molar-refractivity contribution in [3.05, 3.63) is 69.5 Å². The summed E-state index contributed by atoms with van der Waals surface area (Å²) in [7, 11) is 1.71. The second-order valence-corrected chi connectivity index (χ2v) is 8.05. The first-order chi connectivity index (χ1) is 12.5. The summed E-state index contributed by atoms with van der Waals surface area (Å²) in [4.78, 5) is 30.0. The van der Waals surface area contributed by atoms with E-state index in [1.165, 1.54) is 33.9 Å². The number of carbonyl (C=O) groups excluding carboxylic acids is 1. The molecule has 0 saturated carbocycles. The Morgan fingerprint density at radius 1 is 1.15 bits per heavy atom. The van der Waals surface area contributed by atoms with Crippen molar-refractivity contribution in [2.45, 2.75) is 36.6 Å². The number of carbonyl (C=O) groups is 1. The lowest BCUT2D eigenvalue weighted by Gasteiger charge is -2.14. The number of fused-ring (bicyclic) bond motifs is 2. The summed E-state index contributed by atoms with van der Waals surface area (Å²) in [6.45, 7) is 1.88. The highest BCUT2D eigenvalue weighted by molar-refractivity contribution is 8.00. The van der Waals surface area contributed by atoms with Gasteiger partial charge in [-0.1, -0.05) is 36.0 Å². The average Bonchev–Trinajstić information content (AvgIpc) is 3.13. The Morgan fingerprint density at radius 3 is 2.77 bits per heavy atom. The molecule has 1 aromatic heterocycles. The molecular formula is C21H20N2O2S. The largest absolute Gasteiger partial charge is 0.293 e. The number of para-hydroxylation sites is 1. The third-order valence-corrected chi connectivity index (χ3v) is 6.12. The summed E-state index contributed by atoms with van der Waals surface area (Å²) in [5.74, 6) is 0.0760. The van der Waals surface area contributed by atoms with Crippen LogP contribution in [0.5, 0.6) is 0 Å². The standard InChI is InChI=1S/C21H20N2O2S/c1-13(19(24)16-11-10-14-6-5-7-15(14)12-16)26-21-22-18-9-4-3-8-17(18)20(25)23(21)2/h3-4,8-13H,5-7H2,1-2H3. The molecule has 26 heavy (non-hydrogen) atoms. The van der Waals surface area contributed by atoms with Crippen LogP contribution in [0.4, 0.5) is 0 Å². The highest BCUT2D eigenvalue weighted by Gasteiger charge is 2.21. The van der Waals surface area contributed by atoms with Gasteiger partial charge in [-0.2, -0.15) is 0 Å². The van der Waals surface area contributed by atoms with Crippen LogP contribution < -0.4 is 5.56 Å². The van der Waals surface area contributed by atoms with Crippen LogP contribution in [0, 0.1) is 0 Å². The van der Waals surface area contributed by atoms with Crippen molar-refractivity contribution in [1.82, 2.24) is 9.55 Å². The fourth-order valence-corrected chi connectivity index (χ4v) is 4.43. The predicted molar refractivity (Wildman–Crippen MR) is 105 cm³/mol. The fraction of sp³-hybridized carbons (Fsp3) is 0.286. The zero-order valence-electron chi connectivity index (χ0n) is 14.9. The monoisotopic (exact) mass is 364 g/mol. The molecule has 3 aromatic rings. The molecule has 1 unspecified atom stereocenters. The smallest absolute Gasteiger partial charge is 0.261 e. The summed E-state index contributed by atoms with van der Waals surface area (Å²) in [5.41, 5.74) is 3.98. The lowest BCUT2D eigenvalue weighted by atomic mass is 10.0. The van der Waals surface area contributed by atoms with Gasteiger partial charge in [-0.05, 0) is 55.5 Å². The Hall–Kier alpha value is -2.40. The molecule has 0 aliphatic heterocycles.